The van der Waals surface area contributed by atoms with Gasteiger partial charge in [0.1, 0.15) is 17.7 Å². The molecule has 1 atom stereocenters. The molecular formula is C17H21FN4O. The molecule has 2 aromatic rings. The number of anilines is 1. The summed E-state index contributed by atoms with van der Waals surface area (Å²) in [6.45, 7) is 2.93. The molecule has 0 radical (unpaired) electrons. The molecule has 0 N–H and O–H groups in total. The van der Waals surface area contributed by atoms with Crippen LogP contribution in [0.25, 0.3) is 0 Å². The molecule has 6 heteroatoms. The number of nitrogens with zero attached hydrogens (tertiary/aromatic N) is 4. The van der Waals surface area contributed by atoms with E-state index in [4.69, 9.17) is 4.74 Å². The minimum atomic E-state index is -0.307. The summed E-state index contributed by atoms with van der Waals surface area (Å²) in [7, 11) is 3.95. The lowest BCUT2D eigenvalue weighted by Gasteiger charge is -2.32. The summed E-state index contributed by atoms with van der Waals surface area (Å²) in [5.41, 5.74) is 1.80. The summed E-state index contributed by atoms with van der Waals surface area (Å²) in [6.07, 6.45) is 1.21. The molecule has 3 heterocycles. The van der Waals surface area contributed by atoms with Crippen LogP contribution >= 0.6 is 0 Å². The van der Waals surface area contributed by atoms with Crippen molar-refractivity contribution in [3.63, 3.8) is 0 Å². The highest BCUT2D eigenvalue weighted by Crippen LogP contribution is 2.23. The smallest absolute Gasteiger partial charge is 0.141 e. The maximum atomic E-state index is 12.9. The SMILES string of the molecule is CN(C)c1cccc([C@H]2CN(Cc3ccc(F)cn3)CCO2)n1. The highest BCUT2D eigenvalue weighted by atomic mass is 19.1. The monoisotopic (exact) mass is 316 g/mol. The van der Waals surface area contributed by atoms with Crippen molar-refractivity contribution in [2.75, 3.05) is 38.7 Å². The third-order valence-corrected chi connectivity index (χ3v) is 3.87. The number of halogens is 1. The summed E-state index contributed by atoms with van der Waals surface area (Å²) in [5.74, 6) is 0.613. The van der Waals surface area contributed by atoms with Crippen LogP contribution < -0.4 is 4.90 Å². The van der Waals surface area contributed by atoms with Gasteiger partial charge in [0.2, 0.25) is 0 Å². The molecule has 23 heavy (non-hydrogen) atoms. The van der Waals surface area contributed by atoms with Gasteiger partial charge in [-0.15, -0.1) is 0 Å². The minimum Gasteiger partial charge on any atom is -0.369 e. The lowest BCUT2D eigenvalue weighted by Crippen LogP contribution is -2.38. The Morgan fingerprint density at radius 3 is 2.91 bits per heavy atom. The quantitative estimate of drug-likeness (QED) is 0.865. The van der Waals surface area contributed by atoms with Crippen LogP contribution in [0.2, 0.25) is 0 Å². The molecule has 3 rings (SSSR count). The molecule has 0 spiro atoms. The van der Waals surface area contributed by atoms with Gasteiger partial charge in [-0.3, -0.25) is 9.88 Å². The van der Waals surface area contributed by atoms with Crippen molar-refractivity contribution in [1.82, 2.24) is 14.9 Å². The van der Waals surface area contributed by atoms with Crippen LogP contribution in [0.1, 0.15) is 17.5 Å². The van der Waals surface area contributed by atoms with E-state index < -0.39 is 0 Å². The summed E-state index contributed by atoms with van der Waals surface area (Å²) in [4.78, 5) is 13.0. The van der Waals surface area contributed by atoms with Gasteiger partial charge >= 0.3 is 0 Å². The highest BCUT2D eigenvalue weighted by molar-refractivity contribution is 5.37. The Balaban J connectivity index is 1.68. The molecule has 1 saturated heterocycles. The fourth-order valence-electron chi connectivity index (χ4n) is 2.62. The fourth-order valence-corrected chi connectivity index (χ4v) is 2.62. The molecule has 1 fully saturated rings. The Labute approximate surface area is 135 Å². The predicted molar refractivity (Wildman–Crippen MR) is 86.7 cm³/mol. The lowest BCUT2D eigenvalue weighted by molar-refractivity contribution is -0.0353. The zero-order valence-electron chi connectivity index (χ0n) is 13.4. The Hall–Kier alpha value is -2.05. The fraction of sp³-hybridized carbons (Fsp3) is 0.412. The maximum absolute atomic E-state index is 12.9. The summed E-state index contributed by atoms with van der Waals surface area (Å²) >= 11 is 0. The Morgan fingerprint density at radius 2 is 2.17 bits per heavy atom. The standard InChI is InChI=1S/C17H21FN4O/c1-21(2)17-5-3-4-15(20-17)16-12-22(8-9-23-16)11-14-7-6-13(18)10-19-14/h3-7,10,16H,8-9,11-12H2,1-2H3/t16-/m1/s1. The van der Waals surface area contributed by atoms with Crippen LogP contribution in [0.3, 0.4) is 0 Å². The number of ether oxygens (including phenoxy) is 1. The summed E-state index contributed by atoms with van der Waals surface area (Å²) in [5, 5.41) is 0. The molecule has 0 amide bonds. The molecule has 0 bridgehead atoms. The number of rotatable bonds is 4. The zero-order chi connectivity index (χ0) is 16.2. The van der Waals surface area contributed by atoms with Crippen LogP contribution in [-0.4, -0.2) is 48.7 Å². The van der Waals surface area contributed by atoms with Crippen LogP contribution in [-0.2, 0) is 11.3 Å². The van der Waals surface area contributed by atoms with Crippen LogP contribution in [0.5, 0.6) is 0 Å². The molecule has 1 aliphatic rings. The van der Waals surface area contributed by atoms with Crippen molar-refractivity contribution >= 4 is 5.82 Å². The van der Waals surface area contributed by atoms with Gasteiger partial charge in [0.15, 0.2) is 0 Å². The maximum Gasteiger partial charge on any atom is 0.141 e. The second-order valence-electron chi connectivity index (χ2n) is 5.88. The van der Waals surface area contributed by atoms with Crippen molar-refractivity contribution in [2.24, 2.45) is 0 Å². The summed E-state index contributed by atoms with van der Waals surface area (Å²) < 4.78 is 18.8. The van der Waals surface area contributed by atoms with E-state index in [-0.39, 0.29) is 11.9 Å². The average Bonchev–Trinajstić information content (AvgIpc) is 2.57. The lowest BCUT2D eigenvalue weighted by atomic mass is 10.1. The van der Waals surface area contributed by atoms with Crippen molar-refractivity contribution in [3.8, 4) is 0 Å². The van der Waals surface area contributed by atoms with Crippen LogP contribution in [0.4, 0.5) is 10.2 Å². The van der Waals surface area contributed by atoms with Gasteiger partial charge in [0.25, 0.3) is 0 Å². The van der Waals surface area contributed by atoms with Gasteiger partial charge in [-0.1, -0.05) is 6.07 Å². The molecule has 0 unspecified atom stereocenters. The molecule has 122 valence electrons. The average molecular weight is 316 g/mol. The van der Waals surface area contributed by atoms with Gasteiger partial charge < -0.3 is 9.64 Å². The van der Waals surface area contributed by atoms with E-state index in [9.17, 15) is 4.39 Å². The number of pyridine rings is 2. The zero-order valence-corrected chi connectivity index (χ0v) is 13.4. The van der Waals surface area contributed by atoms with E-state index in [1.54, 1.807) is 6.07 Å². The third kappa shape index (κ3) is 4.03. The van der Waals surface area contributed by atoms with Crippen molar-refractivity contribution < 1.29 is 9.13 Å². The molecule has 1 aliphatic heterocycles. The van der Waals surface area contributed by atoms with E-state index >= 15 is 0 Å². The second-order valence-corrected chi connectivity index (χ2v) is 5.88. The van der Waals surface area contributed by atoms with Crippen molar-refractivity contribution in [1.29, 1.82) is 0 Å². The topological polar surface area (TPSA) is 41.5 Å². The molecule has 0 aliphatic carbocycles. The van der Waals surface area contributed by atoms with Gasteiger partial charge in [-0.05, 0) is 24.3 Å². The van der Waals surface area contributed by atoms with Gasteiger partial charge in [-0.2, -0.15) is 0 Å². The van der Waals surface area contributed by atoms with Gasteiger partial charge in [0.05, 0.1) is 24.2 Å². The van der Waals surface area contributed by atoms with Gasteiger partial charge in [0, 0.05) is 33.7 Å². The first-order valence-electron chi connectivity index (χ1n) is 7.70. The number of hydrogen-bond donors (Lipinski definition) is 0. The van der Waals surface area contributed by atoms with Crippen LogP contribution in [0, 0.1) is 5.82 Å². The number of hydrogen-bond acceptors (Lipinski definition) is 5. The van der Waals surface area contributed by atoms with Crippen molar-refractivity contribution in [3.05, 3.63) is 53.7 Å². The highest BCUT2D eigenvalue weighted by Gasteiger charge is 2.23. The van der Waals surface area contributed by atoms with Gasteiger partial charge in [-0.25, -0.2) is 9.37 Å². The van der Waals surface area contributed by atoms with E-state index in [0.717, 1.165) is 30.3 Å². The van der Waals surface area contributed by atoms with E-state index in [1.807, 2.05) is 37.2 Å². The summed E-state index contributed by atoms with van der Waals surface area (Å²) in [6, 6.07) is 9.15. The van der Waals surface area contributed by atoms with E-state index in [2.05, 4.69) is 14.9 Å². The molecule has 2 aromatic heterocycles. The number of morpholine rings is 1. The largest absolute Gasteiger partial charge is 0.369 e. The third-order valence-electron chi connectivity index (χ3n) is 3.87. The second kappa shape index (κ2) is 7.02. The first-order valence-corrected chi connectivity index (χ1v) is 7.70. The first kappa shape index (κ1) is 15.8. The molecule has 0 saturated carbocycles. The van der Waals surface area contributed by atoms with Crippen molar-refractivity contribution in [2.45, 2.75) is 12.6 Å². The Bertz CT molecular complexity index is 647. The predicted octanol–water partition coefficient (Wildman–Crippen LogP) is 2.26. The number of aromatic nitrogens is 2. The van der Waals surface area contributed by atoms with Crippen LogP contribution in [0.15, 0.2) is 36.5 Å². The Morgan fingerprint density at radius 1 is 1.30 bits per heavy atom. The molecule has 0 aromatic carbocycles. The minimum absolute atomic E-state index is 0.0518. The molecule has 5 nitrogen and oxygen atoms in total. The molecular weight excluding hydrogens is 295 g/mol. The Kier molecular flexibility index (Phi) is 4.83. The normalized spacial score (nSPS) is 18.8. The van der Waals surface area contributed by atoms with E-state index in [1.165, 1.54) is 12.3 Å². The first-order chi connectivity index (χ1) is 11.1. The van der Waals surface area contributed by atoms with E-state index in [0.29, 0.717) is 13.2 Å².